The second-order valence-electron chi connectivity index (χ2n) is 0.572. The molecule has 0 aromatic carbocycles. The summed E-state index contributed by atoms with van der Waals surface area (Å²) in [5.74, 6) is 0. The molecule has 0 rings (SSSR count). The van der Waals surface area contributed by atoms with E-state index < -0.39 is 14.5 Å². The van der Waals surface area contributed by atoms with Gasteiger partial charge in [-0.2, -0.15) is 0 Å². The molecule has 2 N–H and O–H groups in total. The van der Waals surface area contributed by atoms with Crippen molar-refractivity contribution in [1.82, 2.24) is 0 Å². The summed E-state index contributed by atoms with van der Waals surface area (Å²) in [4.78, 5) is 0. The summed E-state index contributed by atoms with van der Waals surface area (Å²) in [6, 6.07) is 0. The monoisotopic (exact) mass is 350 g/mol. The van der Waals surface area contributed by atoms with E-state index in [1.807, 2.05) is 0 Å². The molecule has 36 valence electrons. The predicted molar refractivity (Wildman–Crippen MR) is 17.7 cm³/mol. The average Bonchev–Trinajstić information content (AvgIpc) is 1.35. The number of hydrogen-bond donors (Lipinski definition) is 2. The van der Waals surface area contributed by atoms with E-state index in [2.05, 4.69) is 1.80 Å². The molecular formula is H2AsBiO4. The summed E-state index contributed by atoms with van der Waals surface area (Å²) < 4.78 is 28.9. The van der Waals surface area contributed by atoms with Gasteiger partial charge in [0.2, 0.25) is 0 Å². The first kappa shape index (κ1) is 7.12. The number of hydrogen-bond acceptors (Lipinski definition) is 2. The van der Waals surface area contributed by atoms with Crippen molar-refractivity contribution >= 4 is 39.7 Å². The molecule has 0 aromatic heterocycles. The van der Waals surface area contributed by atoms with Crippen LogP contribution in [0.4, 0.5) is 0 Å². The summed E-state index contributed by atoms with van der Waals surface area (Å²) in [5.41, 5.74) is 0. The standard InChI is InChI=1S/AsH3O4.Bi/c2-1(3,4)5;/h(H3,2,3,4,5);/q;+1/p-1. The first-order valence-electron chi connectivity index (χ1n) is 0.948. The molecule has 0 saturated heterocycles. The molecular weight excluding hydrogens is 348 g/mol. The molecule has 0 aliphatic heterocycles. The van der Waals surface area contributed by atoms with Crippen LogP contribution in [-0.2, 0) is 5.54 Å². The van der Waals surface area contributed by atoms with Crippen LogP contribution in [0.5, 0.6) is 0 Å². The zero-order valence-electron chi connectivity index (χ0n) is 2.61. The van der Waals surface area contributed by atoms with Gasteiger partial charge in [0.1, 0.15) is 0 Å². The fourth-order valence-electron chi connectivity index (χ4n) is 0. The molecule has 0 aliphatic rings. The van der Waals surface area contributed by atoms with Crippen LogP contribution in [-0.4, -0.2) is 47.9 Å². The summed E-state index contributed by atoms with van der Waals surface area (Å²) in [6.45, 7) is 0. The summed E-state index contributed by atoms with van der Waals surface area (Å²) in [7, 11) is 0. The molecule has 0 fully saturated rings. The van der Waals surface area contributed by atoms with Crippen molar-refractivity contribution in [3.8, 4) is 0 Å². The molecule has 0 amide bonds. The quantitative estimate of drug-likeness (QED) is 0.534. The van der Waals surface area contributed by atoms with Crippen molar-refractivity contribution in [3.05, 3.63) is 0 Å². The van der Waals surface area contributed by atoms with Crippen molar-refractivity contribution in [3.63, 3.8) is 0 Å². The fraction of sp³-hybridized carbons (Fsp3) is 0. The van der Waals surface area contributed by atoms with Crippen LogP contribution in [0.2, 0.25) is 0 Å². The Morgan fingerprint density at radius 3 is 1.83 bits per heavy atom. The Morgan fingerprint density at radius 1 is 1.67 bits per heavy atom. The van der Waals surface area contributed by atoms with E-state index in [-0.39, 0.29) is 25.2 Å². The van der Waals surface area contributed by atoms with E-state index in [0.717, 1.165) is 0 Å². The van der Waals surface area contributed by atoms with Gasteiger partial charge in [-0.25, -0.2) is 0 Å². The molecule has 0 bridgehead atoms. The molecule has 0 saturated carbocycles. The third kappa shape index (κ3) is 5.12. The van der Waals surface area contributed by atoms with Crippen LogP contribution in [0, 0.1) is 0 Å². The summed E-state index contributed by atoms with van der Waals surface area (Å²) >= 11 is -4.33. The molecule has 0 unspecified atom stereocenters. The zero-order valence-corrected chi connectivity index (χ0v) is 7.96. The molecule has 4 nitrogen and oxygen atoms in total. The summed E-state index contributed by atoms with van der Waals surface area (Å²) in [5, 5.41) is 0. The van der Waals surface area contributed by atoms with Crippen LogP contribution < -0.4 is 0 Å². The van der Waals surface area contributed by atoms with Crippen molar-refractivity contribution in [2.75, 3.05) is 0 Å². The SMILES string of the molecule is O=[As](O)(O)[O][Bi]. The van der Waals surface area contributed by atoms with Crippen molar-refractivity contribution in [1.29, 1.82) is 0 Å². The Hall–Kier alpha value is 1.12. The van der Waals surface area contributed by atoms with E-state index in [0.29, 0.717) is 0 Å². The Labute approximate surface area is 53.3 Å². The molecule has 0 aliphatic carbocycles. The van der Waals surface area contributed by atoms with Crippen LogP contribution >= 0.6 is 0 Å². The maximum atomic E-state index is 9.56. The van der Waals surface area contributed by atoms with Gasteiger partial charge >= 0.3 is 53.4 Å². The van der Waals surface area contributed by atoms with E-state index in [4.69, 9.17) is 8.19 Å². The minimum atomic E-state index is -4.61. The molecule has 6 heavy (non-hydrogen) atoms. The third-order valence-corrected chi connectivity index (χ3v) is 4.85. The predicted octanol–water partition coefficient (Wildman–Crippen LogP) is -2.06. The maximum absolute atomic E-state index is 9.56. The zero-order chi connectivity index (χ0) is 5.21. The normalized spacial score (nSPS) is 11.8. The van der Waals surface area contributed by atoms with Gasteiger partial charge in [0.15, 0.2) is 0 Å². The topological polar surface area (TPSA) is 66.8 Å². The van der Waals surface area contributed by atoms with Crippen LogP contribution in [0.15, 0.2) is 0 Å². The molecule has 0 spiro atoms. The van der Waals surface area contributed by atoms with Gasteiger partial charge in [0.25, 0.3) is 0 Å². The van der Waals surface area contributed by atoms with Crippen molar-refractivity contribution < 1.29 is 13.7 Å². The first-order valence-corrected chi connectivity index (χ1v) is 5.58. The molecule has 6 heteroatoms. The van der Waals surface area contributed by atoms with Gasteiger partial charge in [-0.1, -0.05) is 0 Å². The average molecular weight is 350 g/mol. The minimum absolute atomic E-state index is 0.284. The fourth-order valence-corrected chi connectivity index (χ4v) is 0. The Balaban J connectivity index is 3.48. The molecule has 0 heterocycles. The van der Waals surface area contributed by atoms with Crippen molar-refractivity contribution in [2.45, 2.75) is 0 Å². The van der Waals surface area contributed by atoms with Gasteiger partial charge in [0.05, 0.1) is 0 Å². The van der Waals surface area contributed by atoms with Crippen LogP contribution in [0.3, 0.4) is 0 Å². The number of rotatable bonds is 1. The van der Waals surface area contributed by atoms with Gasteiger partial charge in [-0.3, -0.25) is 0 Å². The Bertz CT molecular complexity index is 71.6. The second kappa shape index (κ2) is 2.43. The van der Waals surface area contributed by atoms with Gasteiger partial charge in [0, 0.05) is 0 Å². The Morgan fingerprint density at radius 2 is 1.83 bits per heavy atom. The molecule has 0 atom stereocenters. The van der Waals surface area contributed by atoms with Gasteiger partial charge in [-0.15, -0.1) is 0 Å². The second-order valence-corrected chi connectivity index (χ2v) is 6.27. The van der Waals surface area contributed by atoms with E-state index in [9.17, 15) is 3.74 Å². The Kier molecular flexibility index (Phi) is 2.89. The van der Waals surface area contributed by atoms with E-state index in [1.54, 1.807) is 0 Å². The van der Waals surface area contributed by atoms with Crippen molar-refractivity contribution in [2.24, 2.45) is 0 Å². The van der Waals surface area contributed by atoms with Crippen LogP contribution in [0.25, 0.3) is 0 Å². The van der Waals surface area contributed by atoms with Gasteiger partial charge < -0.3 is 0 Å². The summed E-state index contributed by atoms with van der Waals surface area (Å²) in [6.07, 6.45) is 0. The van der Waals surface area contributed by atoms with E-state index in [1.165, 1.54) is 0 Å². The van der Waals surface area contributed by atoms with Gasteiger partial charge in [-0.05, 0) is 0 Å². The molecule has 0 aromatic rings. The third-order valence-electron chi connectivity index (χ3n) is 0.106. The van der Waals surface area contributed by atoms with Crippen LogP contribution in [0.1, 0.15) is 0 Å². The van der Waals surface area contributed by atoms with E-state index >= 15 is 0 Å². The molecule has 2 radical (unpaired) electrons. The first-order chi connectivity index (χ1) is 2.56.